The second kappa shape index (κ2) is 5.63. The molecule has 110 valence electrons. The fourth-order valence-electron chi connectivity index (χ4n) is 2.61. The number of piperidine rings is 1. The van der Waals surface area contributed by atoms with Crippen molar-refractivity contribution in [3.05, 3.63) is 36.0 Å². The highest BCUT2D eigenvalue weighted by Crippen LogP contribution is 2.27. The number of nitrogens with zero attached hydrogens (tertiary/aromatic N) is 3. The van der Waals surface area contributed by atoms with Crippen LogP contribution in [-0.4, -0.2) is 34.0 Å². The van der Waals surface area contributed by atoms with Crippen LogP contribution >= 0.6 is 0 Å². The number of halogens is 1. The van der Waals surface area contributed by atoms with E-state index in [1.165, 1.54) is 12.1 Å². The molecular formula is C15H16FN3O2. The van der Waals surface area contributed by atoms with Gasteiger partial charge >= 0.3 is 0 Å². The van der Waals surface area contributed by atoms with Crippen molar-refractivity contribution >= 4 is 5.91 Å². The SMILES string of the molecule is CC(=O)N1CCCC(c2nc(-c3cccc(F)c3)no2)C1. The number of aromatic nitrogens is 2. The van der Waals surface area contributed by atoms with E-state index in [9.17, 15) is 9.18 Å². The highest BCUT2D eigenvalue weighted by Gasteiger charge is 2.27. The molecule has 0 saturated carbocycles. The van der Waals surface area contributed by atoms with Gasteiger partial charge in [0.1, 0.15) is 5.82 Å². The molecule has 21 heavy (non-hydrogen) atoms. The van der Waals surface area contributed by atoms with Gasteiger partial charge in [-0.25, -0.2) is 4.39 Å². The normalized spacial score (nSPS) is 18.8. The van der Waals surface area contributed by atoms with E-state index in [4.69, 9.17) is 4.52 Å². The van der Waals surface area contributed by atoms with Crippen molar-refractivity contribution in [2.45, 2.75) is 25.7 Å². The number of hydrogen-bond donors (Lipinski definition) is 0. The second-order valence-corrected chi connectivity index (χ2v) is 5.27. The first kappa shape index (κ1) is 13.7. The number of benzene rings is 1. The maximum absolute atomic E-state index is 13.2. The van der Waals surface area contributed by atoms with Crippen LogP contribution in [0.15, 0.2) is 28.8 Å². The Labute approximate surface area is 121 Å². The minimum Gasteiger partial charge on any atom is -0.342 e. The van der Waals surface area contributed by atoms with Crippen LogP contribution in [0.5, 0.6) is 0 Å². The maximum atomic E-state index is 13.2. The summed E-state index contributed by atoms with van der Waals surface area (Å²) in [7, 11) is 0. The van der Waals surface area contributed by atoms with Gasteiger partial charge in [-0.3, -0.25) is 4.79 Å². The lowest BCUT2D eigenvalue weighted by molar-refractivity contribution is -0.130. The quantitative estimate of drug-likeness (QED) is 0.852. The summed E-state index contributed by atoms with van der Waals surface area (Å²) >= 11 is 0. The molecule has 1 fully saturated rings. The predicted molar refractivity (Wildman–Crippen MR) is 73.9 cm³/mol. The third-order valence-electron chi connectivity index (χ3n) is 3.74. The molecule has 0 bridgehead atoms. The number of hydrogen-bond acceptors (Lipinski definition) is 4. The Morgan fingerprint density at radius 2 is 2.33 bits per heavy atom. The van der Waals surface area contributed by atoms with Crippen LogP contribution in [0.25, 0.3) is 11.4 Å². The largest absolute Gasteiger partial charge is 0.342 e. The van der Waals surface area contributed by atoms with E-state index in [0.29, 0.717) is 23.8 Å². The molecule has 1 aliphatic rings. The highest BCUT2D eigenvalue weighted by molar-refractivity contribution is 5.73. The van der Waals surface area contributed by atoms with Crippen molar-refractivity contribution < 1.29 is 13.7 Å². The standard InChI is InChI=1S/C15H16FN3O2/c1-10(20)19-7-3-5-12(9-19)15-17-14(18-21-15)11-4-2-6-13(16)8-11/h2,4,6,8,12H,3,5,7,9H2,1H3. The first-order valence-electron chi connectivity index (χ1n) is 6.98. The van der Waals surface area contributed by atoms with Gasteiger partial charge in [-0.2, -0.15) is 4.98 Å². The van der Waals surface area contributed by atoms with E-state index in [0.717, 1.165) is 19.4 Å². The molecule has 0 N–H and O–H groups in total. The molecule has 1 saturated heterocycles. The zero-order valence-corrected chi connectivity index (χ0v) is 11.8. The Hall–Kier alpha value is -2.24. The summed E-state index contributed by atoms with van der Waals surface area (Å²) < 4.78 is 18.5. The first-order chi connectivity index (χ1) is 10.1. The Balaban J connectivity index is 1.80. The molecule has 0 radical (unpaired) electrons. The number of carbonyl (C=O) groups is 1. The van der Waals surface area contributed by atoms with Crippen LogP contribution in [0, 0.1) is 5.82 Å². The van der Waals surface area contributed by atoms with Crippen molar-refractivity contribution in [2.75, 3.05) is 13.1 Å². The van der Waals surface area contributed by atoms with E-state index in [2.05, 4.69) is 10.1 Å². The molecule has 2 aromatic rings. The van der Waals surface area contributed by atoms with Gasteiger partial charge in [0, 0.05) is 25.6 Å². The highest BCUT2D eigenvalue weighted by atomic mass is 19.1. The van der Waals surface area contributed by atoms with Gasteiger partial charge in [-0.05, 0) is 25.0 Å². The molecule has 2 heterocycles. The van der Waals surface area contributed by atoms with Gasteiger partial charge in [0.25, 0.3) is 0 Å². The third kappa shape index (κ3) is 2.94. The van der Waals surface area contributed by atoms with Gasteiger partial charge in [0.15, 0.2) is 0 Å². The predicted octanol–water partition coefficient (Wildman–Crippen LogP) is 2.60. The van der Waals surface area contributed by atoms with Crippen molar-refractivity contribution in [1.29, 1.82) is 0 Å². The van der Waals surface area contributed by atoms with E-state index in [1.54, 1.807) is 24.0 Å². The molecule has 1 unspecified atom stereocenters. The average Bonchev–Trinajstić information content (AvgIpc) is 2.97. The number of carbonyl (C=O) groups excluding carboxylic acids is 1. The minimum atomic E-state index is -0.334. The van der Waals surface area contributed by atoms with Crippen LogP contribution in [-0.2, 0) is 4.79 Å². The molecule has 1 aromatic carbocycles. The average molecular weight is 289 g/mol. The summed E-state index contributed by atoms with van der Waals surface area (Å²) in [5, 5.41) is 3.92. The molecular weight excluding hydrogens is 273 g/mol. The second-order valence-electron chi connectivity index (χ2n) is 5.27. The molecule has 5 nitrogen and oxygen atoms in total. The van der Waals surface area contributed by atoms with Gasteiger partial charge in [-0.1, -0.05) is 17.3 Å². The van der Waals surface area contributed by atoms with E-state index in [1.807, 2.05) is 0 Å². The molecule has 1 amide bonds. The molecule has 1 aliphatic heterocycles. The summed E-state index contributed by atoms with van der Waals surface area (Å²) in [6.45, 7) is 2.94. The van der Waals surface area contributed by atoms with Crippen LogP contribution in [0.3, 0.4) is 0 Å². The summed E-state index contributed by atoms with van der Waals surface area (Å²) in [6, 6.07) is 6.09. The van der Waals surface area contributed by atoms with E-state index < -0.39 is 0 Å². The smallest absolute Gasteiger partial charge is 0.231 e. The molecule has 0 spiro atoms. The van der Waals surface area contributed by atoms with Crippen LogP contribution < -0.4 is 0 Å². The first-order valence-corrected chi connectivity index (χ1v) is 6.98. The van der Waals surface area contributed by atoms with E-state index >= 15 is 0 Å². The number of rotatable bonds is 2. The van der Waals surface area contributed by atoms with Crippen LogP contribution in [0.4, 0.5) is 4.39 Å². The molecule has 1 aromatic heterocycles. The zero-order valence-electron chi connectivity index (χ0n) is 11.8. The van der Waals surface area contributed by atoms with Gasteiger partial charge in [0.2, 0.25) is 17.6 Å². The monoisotopic (exact) mass is 289 g/mol. The fraction of sp³-hybridized carbons (Fsp3) is 0.400. The molecule has 6 heteroatoms. The third-order valence-corrected chi connectivity index (χ3v) is 3.74. The van der Waals surface area contributed by atoms with Crippen LogP contribution in [0.2, 0.25) is 0 Å². The fourth-order valence-corrected chi connectivity index (χ4v) is 2.61. The van der Waals surface area contributed by atoms with Crippen molar-refractivity contribution in [1.82, 2.24) is 15.0 Å². The Morgan fingerprint density at radius 1 is 1.48 bits per heavy atom. The van der Waals surface area contributed by atoms with Crippen molar-refractivity contribution in [3.63, 3.8) is 0 Å². The van der Waals surface area contributed by atoms with Gasteiger partial charge in [-0.15, -0.1) is 0 Å². The van der Waals surface area contributed by atoms with Crippen molar-refractivity contribution in [3.8, 4) is 11.4 Å². The lowest BCUT2D eigenvalue weighted by atomic mass is 9.98. The summed E-state index contributed by atoms with van der Waals surface area (Å²) in [5.74, 6) is 0.672. The zero-order chi connectivity index (χ0) is 14.8. The topological polar surface area (TPSA) is 59.2 Å². The lowest BCUT2D eigenvalue weighted by Crippen LogP contribution is -2.37. The lowest BCUT2D eigenvalue weighted by Gasteiger charge is -2.29. The number of likely N-dealkylation sites (tertiary alicyclic amines) is 1. The summed E-state index contributed by atoms with van der Waals surface area (Å²) in [4.78, 5) is 17.6. The Morgan fingerprint density at radius 3 is 3.10 bits per heavy atom. The summed E-state index contributed by atoms with van der Waals surface area (Å²) in [5.41, 5.74) is 0.587. The van der Waals surface area contributed by atoms with Gasteiger partial charge in [0.05, 0.1) is 5.92 Å². The van der Waals surface area contributed by atoms with Crippen LogP contribution in [0.1, 0.15) is 31.6 Å². The maximum Gasteiger partial charge on any atom is 0.231 e. The molecule has 0 aliphatic carbocycles. The summed E-state index contributed by atoms with van der Waals surface area (Å²) in [6.07, 6.45) is 1.83. The Bertz CT molecular complexity index is 656. The number of amides is 1. The molecule has 3 rings (SSSR count). The molecule has 1 atom stereocenters. The van der Waals surface area contributed by atoms with Crippen molar-refractivity contribution in [2.24, 2.45) is 0 Å². The Kier molecular flexibility index (Phi) is 3.68. The minimum absolute atomic E-state index is 0.0532. The van der Waals surface area contributed by atoms with Gasteiger partial charge < -0.3 is 9.42 Å². The van der Waals surface area contributed by atoms with E-state index in [-0.39, 0.29) is 17.6 Å².